The van der Waals surface area contributed by atoms with Crippen molar-refractivity contribution in [3.05, 3.63) is 35.4 Å². The van der Waals surface area contributed by atoms with E-state index in [2.05, 4.69) is 10.6 Å². The van der Waals surface area contributed by atoms with Crippen molar-refractivity contribution in [2.75, 3.05) is 11.5 Å². The van der Waals surface area contributed by atoms with Gasteiger partial charge in [0.2, 0.25) is 3.79 Å². The lowest BCUT2D eigenvalue weighted by atomic mass is 10.1. The highest BCUT2D eigenvalue weighted by molar-refractivity contribution is 7.91. The van der Waals surface area contributed by atoms with E-state index in [1.807, 2.05) is 6.07 Å². The van der Waals surface area contributed by atoms with E-state index in [-0.39, 0.29) is 17.5 Å². The maximum absolute atomic E-state index is 12.4. The van der Waals surface area contributed by atoms with Gasteiger partial charge in [-0.05, 0) is 25.0 Å². The first-order valence-corrected chi connectivity index (χ1v) is 9.94. The lowest BCUT2D eigenvalue weighted by Gasteiger charge is -2.29. The second-order valence-electron chi connectivity index (χ2n) is 5.53. The lowest BCUT2D eigenvalue weighted by molar-refractivity contribution is 0.0926. The Morgan fingerprint density at radius 1 is 1.30 bits per heavy atom. The molecule has 1 heterocycles. The Balaban J connectivity index is 2.11. The van der Waals surface area contributed by atoms with Gasteiger partial charge in [0.25, 0.3) is 5.91 Å². The van der Waals surface area contributed by atoms with Crippen molar-refractivity contribution in [2.45, 2.75) is 29.3 Å². The molecule has 2 rings (SSSR count). The average molecular weight is 400 g/mol. The van der Waals surface area contributed by atoms with Gasteiger partial charge in [-0.3, -0.25) is 10.1 Å². The molecule has 1 aliphatic rings. The zero-order valence-electron chi connectivity index (χ0n) is 12.4. The van der Waals surface area contributed by atoms with Gasteiger partial charge in [0.1, 0.15) is 6.17 Å². The van der Waals surface area contributed by atoms with Crippen molar-refractivity contribution in [3.8, 4) is 0 Å². The molecule has 0 unspecified atom stereocenters. The van der Waals surface area contributed by atoms with Crippen LogP contribution in [0.4, 0.5) is 0 Å². The van der Waals surface area contributed by atoms with E-state index in [0.717, 1.165) is 5.56 Å². The molecule has 5 nitrogen and oxygen atoms in total. The summed E-state index contributed by atoms with van der Waals surface area (Å²) in [4.78, 5) is 12.4. The van der Waals surface area contributed by atoms with Crippen molar-refractivity contribution < 1.29 is 13.2 Å². The van der Waals surface area contributed by atoms with E-state index in [1.54, 1.807) is 25.1 Å². The number of benzene rings is 1. The summed E-state index contributed by atoms with van der Waals surface area (Å²) in [5.74, 6) is -0.347. The van der Waals surface area contributed by atoms with Crippen LogP contribution in [0.15, 0.2) is 24.3 Å². The molecule has 128 valence electrons. The predicted molar refractivity (Wildman–Crippen MR) is 92.9 cm³/mol. The van der Waals surface area contributed by atoms with Gasteiger partial charge in [0.15, 0.2) is 9.84 Å². The fourth-order valence-corrected chi connectivity index (χ4v) is 4.46. The molecule has 1 aromatic carbocycles. The van der Waals surface area contributed by atoms with E-state index < -0.39 is 25.7 Å². The second kappa shape index (κ2) is 7.15. The van der Waals surface area contributed by atoms with Crippen LogP contribution in [0.25, 0.3) is 0 Å². The van der Waals surface area contributed by atoms with Crippen molar-refractivity contribution in [2.24, 2.45) is 0 Å². The Bertz CT molecular complexity index is 689. The fraction of sp³-hybridized carbons (Fsp3) is 0.500. The van der Waals surface area contributed by atoms with Crippen molar-refractivity contribution in [1.82, 2.24) is 10.6 Å². The monoisotopic (exact) mass is 398 g/mol. The molecule has 0 aromatic heterocycles. The van der Waals surface area contributed by atoms with Crippen LogP contribution in [-0.4, -0.2) is 41.8 Å². The third kappa shape index (κ3) is 5.22. The van der Waals surface area contributed by atoms with Gasteiger partial charge in [0.05, 0.1) is 11.5 Å². The largest absolute Gasteiger partial charge is 0.333 e. The molecule has 2 atom stereocenters. The minimum absolute atomic E-state index is 0.0372. The minimum atomic E-state index is -3.08. The molecule has 0 bridgehead atoms. The number of carbonyl (C=O) groups excluding carboxylic acids is 1. The summed E-state index contributed by atoms with van der Waals surface area (Å²) in [6.07, 6.45) is -0.585. The molecule has 23 heavy (non-hydrogen) atoms. The van der Waals surface area contributed by atoms with Gasteiger partial charge < -0.3 is 5.32 Å². The van der Waals surface area contributed by atoms with E-state index in [4.69, 9.17) is 34.8 Å². The number of aryl methyl sites for hydroxylation is 1. The zero-order chi connectivity index (χ0) is 17.3. The number of amides is 1. The SMILES string of the molecule is Cc1ccccc1C(=O)N[C@@H](N[C@H]1CCS(=O)(=O)C1)C(Cl)(Cl)Cl. The second-order valence-corrected chi connectivity index (χ2v) is 10.1. The van der Waals surface area contributed by atoms with Crippen LogP contribution in [0.5, 0.6) is 0 Å². The molecule has 0 radical (unpaired) electrons. The summed E-state index contributed by atoms with van der Waals surface area (Å²) in [5, 5.41) is 5.55. The first kappa shape index (κ1) is 18.8. The van der Waals surface area contributed by atoms with Gasteiger partial charge in [-0.1, -0.05) is 53.0 Å². The van der Waals surface area contributed by atoms with Gasteiger partial charge in [0, 0.05) is 11.6 Å². The Morgan fingerprint density at radius 3 is 2.48 bits per heavy atom. The molecule has 9 heteroatoms. The summed E-state index contributed by atoms with van der Waals surface area (Å²) in [7, 11) is -3.08. The van der Waals surface area contributed by atoms with Gasteiger partial charge in [-0.25, -0.2) is 8.42 Å². The van der Waals surface area contributed by atoms with Crippen LogP contribution < -0.4 is 10.6 Å². The molecular weight excluding hydrogens is 383 g/mol. The number of hydrogen-bond acceptors (Lipinski definition) is 4. The number of sulfone groups is 1. The number of hydrogen-bond donors (Lipinski definition) is 2. The molecule has 1 saturated heterocycles. The number of carbonyl (C=O) groups is 1. The van der Waals surface area contributed by atoms with Gasteiger partial charge in [-0.15, -0.1) is 0 Å². The van der Waals surface area contributed by atoms with Crippen LogP contribution in [0.2, 0.25) is 0 Å². The summed E-state index contributed by atoms with van der Waals surface area (Å²) >= 11 is 17.8. The Hall–Kier alpha value is -0.530. The average Bonchev–Trinajstić information content (AvgIpc) is 2.76. The molecule has 0 saturated carbocycles. The van der Waals surface area contributed by atoms with Crippen molar-refractivity contribution in [1.29, 1.82) is 0 Å². The van der Waals surface area contributed by atoms with Gasteiger partial charge >= 0.3 is 0 Å². The van der Waals surface area contributed by atoms with Crippen LogP contribution in [-0.2, 0) is 9.84 Å². The van der Waals surface area contributed by atoms with Crippen LogP contribution >= 0.6 is 34.8 Å². The molecule has 2 N–H and O–H groups in total. The number of halogens is 3. The maximum atomic E-state index is 12.4. The third-order valence-electron chi connectivity index (χ3n) is 3.63. The molecule has 0 spiro atoms. The van der Waals surface area contributed by atoms with Gasteiger partial charge in [-0.2, -0.15) is 0 Å². The minimum Gasteiger partial charge on any atom is -0.333 e. The van der Waals surface area contributed by atoms with Crippen LogP contribution in [0.3, 0.4) is 0 Å². The standard InChI is InChI=1S/C14H17Cl3N2O3S/c1-9-4-2-3-5-11(9)12(20)19-13(14(15,16)17)18-10-6-7-23(21,22)8-10/h2-5,10,13,18H,6-8H2,1H3,(H,19,20)/t10-,13+/m0/s1. The fourth-order valence-electron chi connectivity index (χ4n) is 2.42. The van der Waals surface area contributed by atoms with Crippen molar-refractivity contribution >= 4 is 50.5 Å². The number of nitrogens with one attached hydrogen (secondary N) is 2. The Morgan fingerprint density at radius 2 is 1.96 bits per heavy atom. The Labute approximate surface area is 150 Å². The Kier molecular flexibility index (Phi) is 5.85. The van der Waals surface area contributed by atoms with Crippen molar-refractivity contribution in [3.63, 3.8) is 0 Å². The summed E-state index contributed by atoms with van der Waals surface area (Å²) in [6.45, 7) is 1.80. The lowest BCUT2D eigenvalue weighted by Crippen LogP contribution is -2.56. The maximum Gasteiger partial charge on any atom is 0.252 e. The van der Waals surface area contributed by atoms with Crippen LogP contribution in [0.1, 0.15) is 22.3 Å². The molecule has 0 aliphatic carbocycles. The van der Waals surface area contributed by atoms with E-state index in [9.17, 15) is 13.2 Å². The highest BCUT2D eigenvalue weighted by Gasteiger charge is 2.38. The highest BCUT2D eigenvalue weighted by atomic mass is 35.6. The highest BCUT2D eigenvalue weighted by Crippen LogP contribution is 2.30. The first-order chi connectivity index (χ1) is 10.6. The number of alkyl halides is 3. The molecule has 1 amide bonds. The van der Waals surface area contributed by atoms with E-state index in [1.165, 1.54) is 0 Å². The quantitative estimate of drug-likeness (QED) is 0.601. The first-order valence-electron chi connectivity index (χ1n) is 6.98. The molecule has 1 fully saturated rings. The molecule has 1 aliphatic heterocycles. The topological polar surface area (TPSA) is 75.3 Å². The molecular formula is C14H17Cl3N2O3S. The smallest absolute Gasteiger partial charge is 0.252 e. The van der Waals surface area contributed by atoms with E-state index >= 15 is 0 Å². The molecule has 1 aromatic rings. The van der Waals surface area contributed by atoms with E-state index in [0.29, 0.717) is 12.0 Å². The normalized spacial score (nSPS) is 21.8. The summed E-state index contributed by atoms with van der Waals surface area (Å²) in [5.41, 5.74) is 1.25. The number of rotatable bonds is 4. The van der Waals surface area contributed by atoms with Crippen LogP contribution in [0, 0.1) is 6.92 Å². The summed E-state index contributed by atoms with van der Waals surface area (Å²) in [6, 6.07) is 6.66. The third-order valence-corrected chi connectivity index (χ3v) is 6.05. The summed E-state index contributed by atoms with van der Waals surface area (Å²) < 4.78 is 21.3. The zero-order valence-corrected chi connectivity index (χ0v) is 15.4. The predicted octanol–water partition coefficient (Wildman–Crippen LogP) is 2.20.